The van der Waals surface area contributed by atoms with E-state index in [-0.39, 0.29) is 25.2 Å². The van der Waals surface area contributed by atoms with Crippen LogP contribution in [-0.4, -0.2) is 94.8 Å². The van der Waals surface area contributed by atoms with Crippen molar-refractivity contribution in [2.75, 3.05) is 64.4 Å². The summed E-state index contributed by atoms with van der Waals surface area (Å²) in [6.45, 7) is 5.62. The molecule has 1 fully saturated rings. The van der Waals surface area contributed by atoms with Crippen molar-refractivity contribution < 1.29 is 14.3 Å². The molecular weight excluding hydrogens is 491 g/mol. The van der Waals surface area contributed by atoms with Crippen LogP contribution < -0.4 is 5.32 Å². The van der Waals surface area contributed by atoms with E-state index in [1.807, 2.05) is 41.3 Å². The van der Waals surface area contributed by atoms with E-state index in [0.717, 1.165) is 65.6 Å². The average Bonchev–Trinajstić information content (AvgIpc) is 3.32. The van der Waals surface area contributed by atoms with Crippen LogP contribution in [0.2, 0.25) is 0 Å². The van der Waals surface area contributed by atoms with Crippen LogP contribution in [0.3, 0.4) is 0 Å². The predicted molar refractivity (Wildman–Crippen MR) is 144 cm³/mol. The molecule has 0 saturated carbocycles. The molecule has 0 spiro atoms. The monoisotopic (exact) mass is 524 g/mol. The Balaban J connectivity index is 1.23. The van der Waals surface area contributed by atoms with Crippen molar-refractivity contribution in [3.8, 4) is 0 Å². The van der Waals surface area contributed by atoms with Crippen molar-refractivity contribution in [1.29, 1.82) is 0 Å². The maximum Gasteiger partial charge on any atom is 0.246 e. The molecule has 37 heavy (non-hydrogen) atoms. The van der Waals surface area contributed by atoms with Crippen LogP contribution in [0.5, 0.6) is 0 Å². The van der Waals surface area contributed by atoms with Crippen molar-refractivity contribution in [3.05, 3.63) is 64.8 Å². The second-order valence-corrected chi connectivity index (χ2v) is 10.5. The number of rotatable bonds is 9. The molecule has 2 N–H and O–H groups in total. The zero-order valence-corrected chi connectivity index (χ0v) is 21.7. The van der Waals surface area contributed by atoms with E-state index in [1.54, 1.807) is 23.7 Å². The van der Waals surface area contributed by atoms with Gasteiger partial charge in [-0.2, -0.15) is 0 Å². The van der Waals surface area contributed by atoms with Crippen LogP contribution >= 0.6 is 11.3 Å². The number of fused-ring (bicyclic) bond motifs is 3. The number of hydrogen-bond acceptors (Lipinski definition) is 8. The van der Waals surface area contributed by atoms with Gasteiger partial charge in [-0.05, 0) is 17.5 Å². The van der Waals surface area contributed by atoms with Crippen molar-refractivity contribution in [2.45, 2.75) is 19.0 Å². The number of nitrogens with zero attached hydrogens (tertiary/aromatic N) is 5. The summed E-state index contributed by atoms with van der Waals surface area (Å²) in [5, 5.41) is 14.4. The number of carbonyl (C=O) groups excluding carboxylic acids is 1. The maximum atomic E-state index is 12.9. The Morgan fingerprint density at radius 2 is 1.92 bits per heavy atom. The number of benzene rings is 1. The van der Waals surface area contributed by atoms with Crippen LogP contribution in [0.15, 0.2) is 48.8 Å². The Hall–Kier alpha value is -2.92. The number of aliphatic hydroxyl groups excluding tert-OH is 1. The molecule has 3 aromatic rings. The number of aliphatic hydroxyl groups is 1. The van der Waals surface area contributed by atoms with Crippen molar-refractivity contribution in [1.82, 2.24) is 24.7 Å². The molecule has 0 radical (unpaired) electrons. The van der Waals surface area contributed by atoms with Gasteiger partial charge in [0.05, 0.1) is 24.6 Å². The van der Waals surface area contributed by atoms with E-state index in [4.69, 9.17) is 0 Å². The van der Waals surface area contributed by atoms with Crippen LogP contribution in [0.1, 0.15) is 22.0 Å². The van der Waals surface area contributed by atoms with E-state index in [0.29, 0.717) is 19.6 Å². The van der Waals surface area contributed by atoms with Crippen LogP contribution in [0, 0.1) is 0 Å². The Labute approximate surface area is 220 Å². The molecule has 196 valence electrons. The fourth-order valence-electron chi connectivity index (χ4n) is 5.03. The number of nitrogens with one attached hydrogen (secondary N) is 1. The lowest BCUT2D eigenvalue weighted by Gasteiger charge is -2.33. The highest BCUT2D eigenvalue weighted by Gasteiger charge is 2.26. The molecule has 2 aromatic heterocycles. The summed E-state index contributed by atoms with van der Waals surface area (Å²) in [6, 6.07) is 9.56. The molecule has 2 aliphatic heterocycles. The molecule has 5 rings (SSSR count). The standard InChI is InChI=1S/C27H33FN6O2S/c28-9-12-33-15-13-32(14-16-33)10-4-7-24(36)34-11-8-21-23(17-34)37-27-25(21)26(29-19-30-27)31-22(18-35)20-5-2-1-3-6-20/h1-7,19,22,35H,8-18H2,(H,29,30,31)/b7-4+/t22-/m1/s1. The SMILES string of the molecule is O=C(/C=C/CN1CCN(CCF)CC1)N1CCc2c(sc3ncnc(N[C@H](CO)c4ccccc4)c23)C1. The minimum Gasteiger partial charge on any atom is -0.394 e. The molecule has 1 saturated heterocycles. The van der Waals surface area contributed by atoms with Crippen molar-refractivity contribution >= 4 is 33.3 Å². The quantitative estimate of drug-likeness (QED) is 0.417. The molecule has 0 bridgehead atoms. The fraction of sp³-hybridized carbons (Fsp3) is 0.444. The third-order valence-corrected chi connectivity index (χ3v) is 8.26. The molecule has 2 aliphatic rings. The van der Waals surface area contributed by atoms with Gasteiger partial charge in [-0.15, -0.1) is 11.3 Å². The summed E-state index contributed by atoms with van der Waals surface area (Å²) < 4.78 is 12.5. The Bertz CT molecular complexity index is 1230. The zero-order chi connectivity index (χ0) is 25.6. The van der Waals surface area contributed by atoms with E-state index in [9.17, 15) is 14.3 Å². The summed E-state index contributed by atoms with van der Waals surface area (Å²) in [7, 11) is 0. The normalized spacial score (nSPS) is 17.8. The van der Waals surface area contributed by atoms with Gasteiger partial charge in [0.1, 0.15) is 23.7 Å². The molecule has 10 heteroatoms. The van der Waals surface area contributed by atoms with Crippen LogP contribution in [0.4, 0.5) is 10.2 Å². The zero-order valence-electron chi connectivity index (χ0n) is 20.9. The van der Waals surface area contributed by atoms with E-state index >= 15 is 0 Å². The minimum atomic E-state index is -0.299. The number of thiophene rings is 1. The Morgan fingerprint density at radius 1 is 1.14 bits per heavy atom. The summed E-state index contributed by atoms with van der Waals surface area (Å²) in [5.74, 6) is 0.740. The smallest absolute Gasteiger partial charge is 0.246 e. The second kappa shape index (κ2) is 12.1. The first kappa shape index (κ1) is 25.7. The molecule has 0 aliphatic carbocycles. The highest BCUT2D eigenvalue weighted by atomic mass is 32.1. The molecule has 1 aromatic carbocycles. The number of aromatic nitrogens is 2. The summed E-state index contributed by atoms with van der Waals surface area (Å²) >= 11 is 1.61. The Kier molecular flexibility index (Phi) is 8.40. The topological polar surface area (TPSA) is 84.8 Å². The number of amides is 1. The van der Waals surface area contributed by atoms with E-state index in [2.05, 4.69) is 25.1 Å². The van der Waals surface area contributed by atoms with Gasteiger partial charge in [-0.1, -0.05) is 36.4 Å². The van der Waals surface area contributed by atoms with Crippen LogP contribution in [-0.2, 0) is 17.8 Å². The molecule has 8 nitrogen and oxygen atoms in total. The number of halogens is 1. The number of piperazine rings is 1. The first-order valence-electron chi connectivity index (χ1n) is 12.8. The van der Waals surface area contributed by atoms with Gasteiger partial charge in [0.2, 0.25) is 5.91 Å². The number of anilines is 1. The third kappa shape index (κ3) is 5.98. The molecule has 4 heterocycles. The molecule has 0 unspecified atom stereocenters. The van der Waals surface area contributed by atoms with E-state index < -0.39 is 0 Å². The largest absolute Gasteiger partial charge is 0.394 e. The lowest BCUT2D eigenvalue weighted by Crippen LogP contribution is -2.46. The number of alkyl halides is 1. The molecule has 1 amide bonds. The lowest BCUT2D eigenvalue weighted by molar-refractivity contribution is -0.126. The maximum absolute atomic E-state index is 12.9. The minimum absolute atomic E-state index is 0.0213. The summed E-state index contributed by atoms with van der Waals surface area (Å²) in [4.78, 5) is 30.3. The molecular formula is C27H33FN6O2S. The van der Waals surface area contributed by atoms with Gasteiger partial charge in [-0.3, -0.25) is 14.6 Å². The predicted octanol–water partition coefficient (Wildman–Crippen LogP) is 2.86. The first-order chi connectivity index (χ1) is 18.2. The lowest BCUT2D eigenvalue weighted by atomic mass is 10.0. The summed E-state index contributed by atoms with van der Waals surface area (Å²) in [5.41, 5.74) is 2.18. The van der Waals surface area contributed by atoms with Gasteiger partial charge in [0.15, 0.2) is 0 Å². The van der Waals surface area contributed by atoms with Gasteiger partial charge < -0.3 is 15.3 Å². The number of hydrogen-bond donors (Lipinski definition) is 2. The average molecular weight is 525 g/mol. The van der Waals surface area contributed by atoms with Gasteiger partial charge in [-0.25, -0.2) is 14.4 Å². The van der Waals surface area contributed by atoms with Gasteiger partial charge in [0.25, 0.3) is 0 Å². The Morgan fingerprint density at radius 3 is 2.68 bits per heavy atom. The molecule has 1 atom stereocenters. The second-order valence-electron chi connectivity index (χ2n) is 9.44. The van der Waals surface area contributed by atoms with E-state index in [1.165, 1.54) is 5.56 Å². The van der Waals surface area contributed by atoms with Crippen LogP contribution in [0.25, 0.3) is 10.2 Å². The van der Waals surface area contributed by atoms with Gasteiger partial charge in [0, 0.05) is 56.8 Å². The van der Waals surface area contributed by atoms with Crippen molar-refractivity contribution in [2.24, 2.45) is 0 Å². The fourth-order valence-corrected chi connectivity index (χ4v) is 6.24. The van der Waals surface area contributed by atoms with Crippen molar-refractivity contribution in [3.63, 3.8) is 0 Å². The third-order valence-electron chi connectivity index (χ3n) is 7.13. The number of carbonyl (C=O) groups is 1. The summed E-state index contributed by atoms with van der Waals surface area (Å²) in [6.07, 6.45) is 5.92. The highest BCUT2D eigenvalue weighted by molar-refractivity contribution is 7.19. The first-order valence-corrected chi connectivity index (χ1v) is 13.6. The van der Waals surface area contributed by atoms with Gasteiger partial charge >= 0.3 is 0 Å². The highest BCUT2D eigenvalue weighted by Crippen LogP contribution is 2.38.